The summed E-state index contributed by atoms with van der Waals surface area (Å²) in [6.07, 6.45) is 0.930. The van der Waals surface area contributed by atoms with E-state index in [1.54, 1.807) is 17.0 Å². The van der Waals surface area contributed by atoms with Crippen LogP contribution in [0.3, 0.4) is 0 Å². The predicted molar refractivity (Wildman–Crippen MR) is 91.6 cm³/mol. The molecule has 1 aromatic rings. The number of hydrogen-bond donors (Lipinski definition) is 0. The number of piperidine rings is 1. The van der Waals surface area contributed by atoms with Gasteiger partial charge >= 0.3 is 6.09 Å². The van der Waals surface area contributed by atoms with Crippen LogP contribution in [-0.2, 0) is 4.74 Å². The lowest BCUT2D eigenvalue weighted by Gasteiger charge is -2.43. The van der Waals surface area contributed by atoms with E-state index in [0.29, 0.717) is 47.3 Å². The van der Waals surface area contributed by atoms with Gasteiger partial charge in [0, 0.05) is 31.0 Å². The highest BCUT2D eigenvalue weighted by atomic mass is 35.5. The Labute approximate surface area is 154 Å². The monoisotopic (exact) mass is 391 g/mol. The number of ether oxygens (including phenoxy) is 2. The summed E-state index contributed by atoms with van der Waals surface area (Å²) in [6, 6.07) is 3.14. The number of likely N-dealkylation sites (tertiary alicyclic amines) is 1. The highest BCUT2D eigenvalue weighted by Crippen LogP contribution is 2.44. The molecular weight excluding hydrogens is 377 g/mol. The lowest BCUT2D eigenvalue weighted by Crippen LogP contribution is -2.52. The molecule has 8 heteroatoms. The van der Waals surface area contributed by atoms with E-state index in [9.17, 15) is 9.59 Å². The normalized spacial score (nSPS) is 19.0. The van der Waals surface area contributed by atoms with Crippen LogP contribution in [0.4, 0.5) is 4.79 Å². The third-order valence-corrected chi connectivity index (χ3v) is 5.00. The average Bonchev–Trinajstić information content (AvgIpc) is 2.55. The maximum atomic E-state index is 12.5. The first-order valence-electron chi connectivity index (χ1n) is 7.63. The van der Waals surface area contributed by atoms with Crippen molar-refractivity contribution in [1.82, 2.24) is 4.90 Å². The van der Waals surface area contributed by atoms with Gasteiger partial charge in [-0.15, -0.1) is 11.6 Å². The number of nitrogens with zero attached hydrogens (tertiary/aromatic N) is 1. The van der Waals surface area contributed by atoms with Crippen molar-refractivity contribution in [3.05, 3.63) is 27.7 Å². The lowest BCUT2D eigenvalue weighted by molar-refractivity contribution is -0.00847. The summed E-state index contributed by atoms with van der Waals surface area (Å²) in [5.74, 6) is 0.605. The molecule has 130 valence electrons. The molecular formula is C16H16Cl3NO4. The number of carbonyl (C=O) groups excluding carboxylic acids is 2. The van der Waals surface area contributed by atoms with Gasteiger partial charge in [-0.05, 0) is 12.1 Å². The van der Waals surface area contributed by atoms with Crippen molar-refractivity contribution in [2.75, 3.05) is 25.6 Å². The second-order valence-corrected chi connectivity index (χ2v) is 7.16. The third-order valence-electron chi connectivity index (χ3n) is 4.35. The Hall–Kier alpha value is -1.17. The average molecular weight is 393 g/mol. The molecule has 2 aliphatic heterocycles. The molecule has 3 rings (SSSR count). The van der Waals surface area contributed by atoms with Crippen LogP contribution in [0, 0.1) is 0 Å². The van der Waals surface area contributed by atoms with E-state index in [4.69, 9.17) is 44.3 Å². The van der Waals surface area contributed by atoms with Crippen LogP contribution in [0.2, 0.25) is 10.0 Å². The summed E-state index contributed by atoms with van der Waals surface area (Å²) >= 11 is 17.7. The Morgan fingerprint density at radius 2 is 2.00 bits per heavy atom. The minimum Gasteiger partial charge on any atom is -0.484 e. The van der Waals surface area contributed by atoms with Crippen molar-refractivity contribution >= 4 is 46.7 Å². The Morgan fingerprint density at radius 1 is 1.29 bits per heavy atom. The van der Waals surface area contributed by atoms with Gasteiger partial charge in [-0.25, -0.2) is 4.79 Å². The molecule has 0 saturated carbocycles. The number of alkyl halides is 1. The molecule has 1 aromatic carbocycles. The van der Waals surface area contributed by atoms with Gasteiger partial charge in [-0.1, -0.05) is 23.2 Å². The van der Waals surface area contributed by atoms with Crippen molar-refractivity contribution in [1.29, 1.82) is 0 Å². The molecule has 1 fully saturated rings. The van der Waals surface area contributed by atoms with Crippen molar-refractivity contribution in [2.24, 2.45) is 0 Å². The molecule has 2 heterocycles. The molecule has 24 heavy (non-hydrogen) atoms. The first-order chi connectivity index (χ1) is 11.4. The van der Waals surface area contributed by atoms with Crippen LogP contribution in [0.5, 0.6) is 5.75 Å². The minimum absolute atomic E-state index is 0.0428. The zero-order valence-electron chi connectivity index (χ0n) is 12.8. The number of amides is 1. The second-order valence-electron chi connectivity index (χ2n) is 5.94. The predicted octanol–water partition coefficient (Wildman–Crippen LogP) is 4.17. The number of rotatable bonds is 2. The van der Waals surface area contributed by atoms with E-state index in [-0.39, 0.29) is 24.7 Å². The van der Waals surface area contributed by atoms with E-state index >= 15 is 0 Å². The molecule has 0 unspecified atom stereocenters. The number of benzene rings is 1. The number of fused-ring (bicyclic) bond motifs is 1. The molecule has 0 bridgehead atoms. The van der Waals surface area contributed by atoms with Crippen LogP contribution in [0.15, 0.2) is 12.1 Å². The molecule has 1 spiro atoms. The molecule has 1 saturated heterocycles. The van der Waals surface area contributed by atoms with Crippen molar-refractivity contribution < 1.29 is 19.1 Å². The largest absolute Gasteiger partial charge is 0.484 e. The van der Waals surface area contributed by atoms with Crippen LogP contribution in [0.25, 0.3) is 0 Å². The molecule has 0 aromatic heterocycles. The number of ketones is 1. The molecule has 0 radical (unpaired) electrons. The number of hydrogen-bond acceptors (Lipinski definition) is 4. The lowest BCUT2D eigenvalue weighted by atomic mass is 9.82. The first kappa shape index (κ1) is 17.6. The smallest absolute Gasteiger partial charge is 0.409 e. The molecule has 0 N–H and O–H groups in total. The van der Waals surface area contributed by atoms with Gasteiger partial charge in [0.2, 0.25) is 0 Å². The van der Waals surface area contributed by atoms with Crippen LogP contribution >= 0.6 is 34.8 Å². The maximum absolute atomic E-state index is 12.5. The molecule has 0 aliphatic carbocycles. The summed E-state index contributed by atoms with van der Waals surface area (Å²) in [5.41, 5.74) is -0.216. The Bertz CT molecular complexity index is 672. The fraction of sp³-hybridized carbons (Fsp3) is 0.500. The van der Waals surface area contributed by atoms with Gasteiger partial charge in [0.15, 0.2) is 5.78 Å². The van der Waals surface area contributed by atoms with Gasteiger partial charge in [-0.3, -0.25) is 4.79 Å². The number of Topliss-reactive ketones (excluding diaryl/α,β-unsaturated/α-hetero) is 1. The zero-order chi connectivity index (χ0) is 17.3. The molecule has 2 aliphatic rings. The van der Waals surface area contributed by atoms with E-state index in [0.717, 1.165) is 0 Å². The fourth-order valence-electron chi connectivity index (χ4n) is 3.10. The summed E-state index contributed by atoms with van der Waals surface area (Å²) in [5, 5.41) is 0.734. The van der Waals surface area contributed by atoms with Crippen molar-refractivity contribution in [3.8, 4) is 5.75 Å². The number of halogens is 3. The van der Waals surface area contributed by atoms with E-state index < -0.39 is 11.7 Å². The van der Waals surface area contributed by atoms with E-state index in [2.05, 4.69) is 0 Å². The third kappa shape index (κ3) is 3.44. The summed E-state index contributed by atoms with van der Waals surface area (Å²) in [7, 11) is 0. The van der Waals surface area contributed by atoms with Crippen molar-refractivity contribution in [2.45, 2.75) is 24.9 Å². The maximum Gasteiger partial charge on any atom is 0.409 e. The second kappa shape index (κ2) is 6.98. The SMILES string of the molecule is O=C1CC2(CCN(C(=O)OCCCl)CC2)Oc2c(Cl)cc(Cl)cc21. The topological polar surface area (TPSA) is 55.8 Å². The van der Waals surface area contributed by atoms with Crippen LogP contribution in [0.1, 0.15) is 29.6 Å². The summed E-state index contributed by atoms with van der Waals surface area (Å²) in [6.45, 7) is 1.09. The van der Waals surface area contributed by atoms with Crippen molar-refractivity contribution in [3.63, 3.8) is 0 Å². The van der Waals surface area contributed by atoms with Gasteiger partial charge in [0.05, 0.1) is 22.9 Å². The van der Waals surface area contributed by atoms with Crippen LogP contribution < -0.4 is 4.74 Å². The van der Waals surface area contributed by atoms with Gasteiger partial charge in [-0.2, -0.15) is 0 Å². The first-order valence-corrected chi connectivity index (χ1v) is 8.92. The van der Waals surface area contributed by atoms with Gasteiger partial charge in [0.25, 0.3) is 0 Å². The van der Waals surface area contributed by atoms with E-state index in [1.165, 1.54) is 0 Å². The Kier molecular flexibility index (Phi) is 5.13. The standard InChI is InChI=1S/C16H16Cl3NO4/c17-3-6-23-15(22)20-4-1-16(2-5-20)9-13(21)11-7-10(18)8-12(19)14(11)24-16/h7-8H,1-6,9H2. The Balaban J connectivity index is 1.73. The zero-order valence-corrected chi connectivity index (χ0v) is 15.1. The highest BCUT2D eigenvalue weighted by Gasteiger charge is 2.44. The minimum atomic E-state index is -0.634. The highest BCUT2D eigenvalue weighted by molar-refractivity contribution is 6.36. The van der Waals surface area contributed by atoms with Gasteiger partial charge in [0.1, 0.15) is 18.0 Å². The Morgan fingerprint density at radius 3 is 2.67 bits per heavy atom. The molecule has 0 atom stereocenters. The molecule has 5 nitrogen and oxygen atoms in total. The number of carbonyl (C=O) groups is 2. The van der Waals surface area contributed by atoms with E-state index in [1.807, 2.05) is 0 Å². The quantitative estimate of drug-likeness (QED) is 0.709. The summed E-state index contributed by atoms with van der Waals surface area (Å²) in [4.78, 5) is 26.0. The summed E-state index contributed by atoms with van der Waals surface area (Å²) < 4.78 is 11.1. The van der Waals surface area contributed by atoms with Crippen LogP contribution in [-0.4, -0.2) is 48.0 Å². The molecule has 1 amide bonds. The van der Waals surface area contributed by atoms with Gasteiger partial charge < -0.3 is 14.4 Å². The fourth-order valence-corrected chi connectivity index (χ4v) is 3.71.